The molecular formula is C22H23F2N3O. The second kappa shape index (κ2) is 8.10. The van der Waals surface area contributed by atoms with Crippen molar-refractivity contribution in [1.82, 2.24) is 15.1 Å². The van der Waals surface area contributed by atoms with Gasteiger partial charge in [-0.15, -0.1) is 0 Å². The lowest BCUT2D eigenvalue weighted by molar-refractivity contribution is 0.196. The number of ether oxygens (including phenoxy) is 1. The van der Waals surface area contributed by atoms with Crippen molar-refractivity contribution in [1.29, 1.82) is 0 Å². The van der Waals surface area contributed by atoms with E-state index in [0.29, 0.717) is 17.9 Å². The second-order valence-corrected chi connectivity index (χ2v) is 7.24. The molecule has 6 heteroatoms. The number of hydrogen-bond acceptors (Lipinski definition) is 3. The van der Waals surface area contributed by atoms with E-state index in [4.69, 9.17) is 4.74 Å². The minimum Gasteiger partial charge on any atom is -0.497 e. The van der Waals surface area contributed by atoms with Crippen molar-refractivity contribution in [3.8, 4) is 16.9 Å². The third-order valence-electron chi connectivity index (χ3n) is 5.37. The van der Waals surface area contributed by atoms with E-state index < -0.39 is 0 Å². The summed E-state index contributed by atoms with van der Waals surface area (Å²) in [6.45, 7) is 2.24. The van der Waals surface area contributed by atoms with Gasteiger partial charge in [0.1, 0.15) is 17.4 Å². The Balaban J connectivity index is 1.53. The van der Waals surface area contributed by atoms with E-state index >= 15 is 0 Å². The monoisotopic (exact) mass is 383 g/mol. The van der Waals surface area contributed by atoms with Crippen LogP contribution in [0.4, 0.5) is 8.78 Å². The van der Waals surface area contributed by atoms with Gasteiger partial charge >= 0.3 is 0 Å². The standard InChI is InChI=1S/C22H23F2N3O/c1-28-19-7-8-21(24)17(11-19)14-27-9-3-5-16(13-27)22-20(12-25-26-22)15-4-2-6-18(23)10-15/h2,4,6-8,10-12,16H,3,5,9,13-14H2,1H3,(H,25,26)/t16-/m1/s1. The van der Waals surface area contributed by atoms with Gasteiger partial charge < -0.3 is 4.74 Å². The summed E-state index contributed by atoms with van der Waals surface area (Å²) in [7, 11) is 1.58. The van der Waals surface area contributed by atoms with E-state index in [1.807, 2.05) is 6.07 Å². The van der Waals surface area contributed by atoms with Crippen molar-refractivity contribution < 1.29 is 13.5 Å². The van der Waals surface area contributed by atoms with Gasteiger partial charge in [-0.3, -0.25) is 10.00 Å². The fourth-order valence-electron chi connectivity index (χ4n) is 3.97. The van der Waals surface area contributed by atoms with Gasteiger partial charge in [-0.2, -0.15) is 5.10 Å². The molecule has 4 rings (SSSR count). The van der Waals surface area contributed by atoms with Crippen LogP contribution in [0, 0.1) is 11.6 Å². The van der Waals surface area contributed by atoms with Crippen LogP contribution in [-0.4, -0.2) is 35.3 Å². The number of nitrogens with zero attached hydrogens (tertiary/aromatic N) is 2. The Bertz CT molecular complexity index is 956. The van der Waals surface area contributed by atoms with Gasteiger partial charge in [0.15, 0.2) is 0 Å². The molecule has 1 atom stereocenters. The van der Waals surface area contributed by atoms with Crippen LogP contribution in [-0.2, 0) is 6.54 Å². The van der Waals surface area contributed by atoms with Gasteiger partial charge in [0.05, 0.1) is 13.3 Å². The first-order valence-electron chi connectivity index (χ1n) is 9.48. The summed E-state index contributed by atoms with van der Waals surface area (Å²) in [4.78, 5) is 2.25. The number of likely N-dealkylation sites (tertiary alicyclic amines) is 1. The number of rotatable bonds is 5. The molecular weight excluding hydrogens is 360 g/mol. The average molecular weight is 383 g/mol. The largest absolute Gasteiger partial charge is 0.497 e. The number of methoxy groups -OCH3 is 1. The Morgan fingerprint density at radius 2 is 2.11 bits per heavy atom. The molecule has 1 aromatic heterocycles. The predicted molar refractivity (Wildman–Crippen MR) is 104 cm³/mol. The molecule has 28 heavy (non-hydrogen) atoms. The molecule has 4 nitrogen and oxygen atoms in total. The number of aromatic nitrogens is 2. The van der Waals surface area contributed by atoms with Crippen LogP contribution in [0.1, 0.15) is 30.0 Å². The number of piperidine rings is 1. The number of halogens is 2. The molecule has 0 radical (unpaired) electrons. The third-order valence-corrected chi connectivity index (χ3v) is 5.37. The lowest BCUT2D eigenvalue weighted by Gasteiger charge is -2.32. The first-order valence-corrected chi connectivity index (χ1v) is 9.48. The highest BCUT2D eigenvalue weighted by molar-refractivity contribution is 5.65. The van der Waals surface area contributed by atoms with Crippen molar-refractivity contribution >= 4 is 0 Å². The number of aromatic amines is 1. The zero-order valence-corrected chi connectivity index (χ0v) is 15.8. The van der Waals surface area contributed by atoms with Crippen LogP contribution in [0.25, 0.3) is 11.1 Å². The minimum atomic E-state index is -0.261. The fraction of sp³-hybridized carbons (Fsp3) is 0.318. The molecule has 0 spiro atoms. The summed E-state index contributed by atoms with van der Waals surface area (Å²) in [6, 6.07) is 11.4. The molecule has 1 aliphatic rings. The van der Waals surface area contributed by atoms with Crippen LogP contribution >= 0.6 is 0 Å². The van der Waals surface area contributed by atoms with Crippen molar-refractivity contribution in [2.45, 2.75) is 25.3 Å². The Labute approximate surface area is 163 Å². The molecule has 1 aliphatic heterocycles. The van der Waals surface area contributed by atoms with Gasteiger partial charge in [-0.1, -0.05) is 12.1 Å². The molecule has 1 fully saturated rings. The fourth-order valence-corrected chi connectivity index (χ4v) is 3.97. The molecule has 0 unspecified atom stereocenters. The van der Waals surface area contributed by atoms with Crippen LogP contribution in [0.3, 0.4) is 0 Å². The average Bonchev–Trinajstić information content (AvgIpc) is 3.20. The maximum atomic E-state index is 14.2. The van der Waals surface area contributed by atoms with E-state index in [-0.39, 0.29) is 17.6 Å². The van der Waals surface area contributed by atoms with Gasteiger partial charge in [0.2, 0.25) is 0 Å². The second-order valence-electron chi connectivity index (χ2n) is 7.24. The lowest BCUT2D eigenvalue weighted by Crippen LogP contribution is -2.34. The van der Waals surface area contributed by atoms with E-state index in [0.717, 1.165) is 42.8 Å². The number of hydrogen-bond donors (Lipinski definition) is 1. The van der Waals surface area contributed by atoms with E-state index in [1.54, 1.807) is 31.5 Å². The van der Waals surface area contributed by atoms with Gasteiger partial charge in [0, 0.05) is 35.8 Å². The molecule has 0 bridgehead atoms. The Hall–Kier alpha value is -2.73. The summed E-state index contributed by atoms with van der Waals surface area (Å²) in [6.07, 6.45) is 3.78. The van der Waals surface area contributed by atoms with E-state index in [1.165, 1.54) is 18.2 Å². The molecule has 0 amide bonds. The first kappa shape index (κ1) is 18.6. The predicted octanol–water partition coefficient (Wildman–Crippen LogP) is 4.74. The molecule has 0 saturated carbocycles. The van der Waals surface area contributed by atoms with Gasteiger partial charge in [0.25, 0.3) is 0 Å². The van der Waals surface area contributed by atoms with Crippen molar-refractivity contribution in [3.63, 3.8) is 0 Å². The summed E-state index contributed by atoms with van der Waals surface area (Å²) in [5.74, 6) is 0.420. The highest BCUT2D eigenvalue weighted by Crippen LogP contribution is 2.34. The zero-order valence-electron chi connectivity index (χ0n) is 15.8. The molecule has 146 valence electrons. The summed E-state index contributed by atoms with van der Waals surface area (Å²) < 4.78 is 33.1. The Kier molecular flexibility index (Phi) is 5.39. The maximum Gasteiger partial charge on any atom is 0.127 e. The quantitative estimate of drug-likeness (QED) is 0.692. The molecule has 1 saturated heterocycles. The number of nitrogens with one attached hydrogen (secondary N) is 1. The summed E-state index contributed by atoms with van der Waals surface area (Å²) in [5.41, 5.74) is 3.40. The van der Waals surface area contributed by atoms with Crippen molar-refractivity contribution in [2.24, 2.45) is 0 Å². The molecule has 2 aromatic carbocycles. The third kappa shape index (κ3) is 3.92. The normalized spacial score (nSPS) is 17.6. The topological polar surface area (TPSA) is 41.1 Å². The van der Waals surface area contributed by atoms with E-state index in [9.17, 15) is 8.78 Å². The van der Waals surface area contributed by atoms with Crippen LogP contribution < -0.4 is 4.74 Å². The number of H-pyrrole nitrogens is 1. The zero-order chi connectivity index (χ0) is 19.5. The Morgan fingerprint density at radius 3 is 2.93 bits per heavy atom. The molecule has 0 aliphatic carbocycles. The molecule has 3 aromatic rings. The first-order chi connectivity index (χ1) is 13.6. The van der Waals surface area contributed by atoms with Gasteiger partial charge in [-0.25, -0.2) is 8.78 Å². The van der Waals surface area contributed by atoms with Crippen molar-refractivity contribution in [2.75, 3.05) is 20.2 Å². The Morgan fingerprint density at radius 1 is 1.21 bits per heavy atom. The van der Waals surface area contributed by atoms with Gasteiger partial charge in [-0.05, 0) is 55.3 Å². The highest BCUT2D eigenvalue weighted by atomic mass is 19.1. The SMILES string of the molecule is COc1ccc(F)c(CN2CCC[C@@H](c3[nH]ncc3-c3cccc(F)c3)C2)c1. The van der Waals surface area contributed by atoms with Crippen LogP contribution in [0.15, 0.2) is 48.7 Å². The highest BCUT2D eigenvalue weighted by Gasteiger charge is 2.26. The summed E-state index contributed by atoms with van der Waals surface area (Å²) >= 11 is 0. The summed E-state index contributed by atoms with van der Waals surface area (Å²) in [5, 5.41) is 7.32. The van der Waals surface area contributed by atoms with E-state index in [2.05, 4.69) is 15.1 Å². The molecule has 2 heterocycles. The molecule has 1 N–H and O–H groups in total. The smallest absolute Gasteiger partial charge is 0.127 e. The maximum absolute atomic E-state index is 14.2. The van der Waals surface area contributed by atoms with Crippen LogP contribution in [0.5, 0.6) is 5.75 Å². The van der Waals surface area contributed by atoms with Crippen LogP contribution in [0.2, 0.25) is 0 Å². The number of benzene rings is 2. The minimum absolute atomic E-state index is 0.218. The lowest BCUT2D eigenvalue weighted by atomic mass is 9.90. The van der Waals surface area contributed by atoms with Crippen molar-refractivity contribution in [3.05, 3.63) is 71.6 Å².